The van der Waals surface area contributed by atoms with E-state index in [2.05, 4.69) is 220 Å². The molecule has 2 heteroatoms. The van der Waals surface area contributed by atoms with Crippen molar-refractivity contribution < 1.29 is 0 Å². The topological polar surface area (TPSA) is 3.24 Å². The van der Waals surface area contributed by atoms with Crippen LogP contribution in [-0.2, 0) is 10.8 Å². The van der Waals surface area contributed by atoms with Crippen molar-refractivity contribution in [3.05, 3.63) is 222 Å². The van der Waals surface area contributed by atoms with Crippen LogP contribution in [0.4, 0.5) is 17.1 Å². The van der Waals surface area contributed by atoms with E-state index in [0.29, 0.717) is 0 Å². The van der Waals surface area contributed by atoms with E-state index in [1.54, 1.807) is 0 Å². The van der Waals surface area contributed by atoms with Crippen molar-refractivity contribution in [1.82, 2.24) is 0 Å². The lowest BCUT2D eigenvalue weighted by molar-refractivity contribution is 0.590. The van der Waals surface area contributed by atoms with E-state index in [-0.39, 0.29) is 10.8 Å². The number of hydrogen-bond donors (Lipinski definition) is 0. The minimum absolute atomic E-state index is 0.0374. The van der Waals surface area contributed by atoms with Crippen LogP contribution in [0.1, 0.15) is 48.6 Å². The highest BCUT2D eigenvalue weighted by atomic mass is 32.1. The molecule has 1 heterocycles. The van der Waals surface area contributed by atoms with Crippen molar-refractivity contribution in [2.45, 2.75) is 31.6 Å². The van der Waals surface area contributed by atoms with E-state index < -0.39 is 0 Å². The summed E-state index contributed by atoms with van der Waals surface area (Å²) in [5.74, 6) is 0. The molecule has 2 aliphatic rings. The summed E-state index contributed by atoms with van der Waals surface area (Å²) in [5.41, 5.74) is 17.5. The fraction of sp³-hybridized carbons (Fsp3) is 0.0877. The molecular weight excluding hydrogens is 731 g/mol. The summed E-state index contributed by atoms with van der Waals surface area (Å²) in [7, 11) is 0. The van der Waals surface area contributed by atoms with Crippen LogP contribution >= 0.6 is 11.3 Å². The third kappa shape index (κ3) is 4.90. The molecule has 0 saturated heterocycles. The molecule has 0 fully saturated rings. The molecule has 0 aliphatic heterocycles. The van der Waals surface area contributed by atoms with Crippen LogP contribution < -0.4 is 4.90 Å². The van der Waals surface area contributed by atoms with Gasteiger partial charge in [0, 0.05) is 37.1 Å². The monoisotopic (exact) mass is 771 g/mol. The lowest BCUT2D eigenvalue weighted by atomic mass is 9.70. The van der Waals surface area contributed by atoms with Gasteiger partial charge in [-0.3, -0.25) is 0 Å². The van der Waals surface area contributed by atoms with Gasteiger partial charge in [0.15, 0.2) is 0 Å². The first-order chi connectivity index (χ1) is 28.9. The summed E-state index contributed by atoms with van der Waals surface area (Å²) in [6.07, 6.45) is 0. The Hall–Kier alpha value is -6.74. The number of nitrogens with zero attached hydrogens (tertiary/aromatic N) is 1. The second-order valence-electron chi connectivity index (χ2n) is 17.2. The Labute approximate surface area is 349 Å². The Bertz CT molecular complexity index is 3280. The summed E-state index contributed by atoms with van der Waals surface area (Å²) in [6.45, 7) is 6.87. The highest BCUT2D eigenvalue weighted by molar-refractivity contribution is 7.25. The molecule has 1 nitrogen and oxygen atoms in total. The first-order valence-corrected chi connectivity index (χ1v) is 21.5. The third-order valence-corrected chi connectivity index (χ3v) is 14.2. The molecule has 0 N–H and O–H groups in total. The molecule has 0 atom stereocenters. The summed E-state index contributed by atoms with van der Waals surface area (Å²) in [5, 5.41) is 5.09. The predicted molar refractivity (Wildman–Crippen MR) is 252 cm³/mol. The van der Waals surface area contributed by atoms with Gasteiger partial charge in [-0.25, -0.2) is 0 Å². The zero-order valence-electron chi connectivity index (χ0n) is 33.3. The molecule has 1 spiro atoms. The molecule has 0 saturated carbocycles. The Morgan fingerprint density at radius 3 is 1.68 bits per heavy atom. The maximum absolute atomic E-state index is 2.51. The number of fused-ring (bicyclic) bond motifs is 14. The SMILES string of the molecule is CC(C)(C)c1ccc(N(c2ccc3c(c2)-c2ccccc2C32c3ccccc3-c3ccccc32)c2ccc3ccccc3c2-c2ccc3sc4ccccc4c3c2)cc1. The summed E-state index contributed by atoms with van der Waals surface area (Å²) < 4.78 is 2.63. The van der Waals surface area contributed by atoms with Gasteiger partial charge >= 0.3 is 0 Å². The molecule has 10 aromatic rings. The quantitative estimate of drug-likeness (QED) is 0.172. The lowest BCUT2D eigenvalue weighted by Gasteiger charge is -2.32. The van der Waals surface area contributed by atoms with Crippen LogP contribution in [0.15, 0.2) is 194 Å². The first-order valence-electron chi connectivity index (χ1n) is 20.7. The van der Waals surface area contributed by atoms with Crippen molar-refractivity contribution in [2.24, 2.45) is 0 Å². The van der Waals surface area contributed by atoms with Gasteiger partial charge in [-0.05, 0) is 120 Å². The molecule has 0 unspecified atom stereocenters. The highest BCUT2D eigenvalue weighted by Crippen LogP contribution is 2.63. The normalized spacial score (nSPS) is 13.5. The van der Waals surface area contributed by atoms with E-state index in [1.807, 2.05) is 11.3 Å². The smallest absolute Gasteiger partial charge is 0.0725 e. The molecule has 1 aromatic heterocycles. The lowest BCUT2D eigenvalue weighted by Crippen LogP contribution is -2.25. The van der Waals surface area contributed by atoms with Crippen LogP contribution in [-0.4, -0.2) is 0 Å². The van der Waals surface area contributed by atoms with Crippen molar-refractivity contribution in [3.8, 4) is 33.4 Å². The average Bonchev–Trinajstić information content (AvgIpc) is 3.90. The van der Waals surface area contributed by atoms with Crippen LogP contribution in [0.25, 0.3) is 64.3 Å². The molecule has 12 rings (SSSR count). The molecule has 2 aliphatic carbocycles. The standard InChI is InChI=1S/C57H41NS/c1-56(2,3)38-26-28-39(29-27-38)58(52-32-24-36-14-4-5-15-41(36)55(52)37-25-33-54-47(34-37)45-19-9-13-23-53(45)59-54)40-30-31-51-46(35-40)44-18-8-12-22-50(44)57(51)48-20-10-6-16-42(48)43-17-7-11-21-49(43)57/h4-35H,1-3H3. The van der Waals surface area contributed by atoms with Crippen molar-refractivity contribution in [1.29, 1.82) is 0 Å². The van der Waals surface area contributed by atoms with Crippen LogP contribution in [0, 0.1) is 0 Å². The molecule has 0 amide bonds. The van der Waals surface area contributed by atoms with Gasteiger partial charge in [0.2, 0.25) is 0 Å². The minimum Gasteiger partial charge on any atom is -0.310 e. The number of benzene rings is 9. The summed E-state index contributed by atoms with van der Waals surface area (Å²) in [4.78, 5) is 2.51. The number of anilines is 3. The van der Waals surface area contributed by atoms with Crippen molar-refractivity contribution in [3.63, 3.8) is 0 Å². The van der Waals surface area contributed by atoms with E-state index in [0.717, 1.165) is 17.1 Å². The van der Waals surface area contributed by atoms with Gasteiger partial charge in [0.05, 0.1) is 11.1 Å². The van der Waals surface area contributed by atoms with E-state index >= 15 is 0 Å². The van der Waals surface area contributed by atoms with Gasteiger partial charge in [-0.1, -0.05) is 166 Å². The zero-order valence-corrected chi connectivity index (χ0v) is 34.1. The zero-order chi connectivity index (χ0) is 39.5. The maximum atomic E-state index is 2.51. The van der Waals surface area contributed by atoms with Crippen LogP contribution in [0.2, 0.25) is 0 Å². The van der Waals surface area contributed by atoms with E-state index in [9.17, 15) is 0 Å². The van der Waals surface area contributed by atoms with Crippen LogP contribution in [0.5, 0.6) is 0 Å². The molecule has 0 radical (unpaired) electrons. The Kier molecular flexibility index (Phi) is 7.34. The van der Waals surface area contributed by atoms with Gasteiger partial charge in [-0.15, -0.1) is 11.3 Å². The molecule has 0 bridgehead atoms. The van der Waals surface area contributed by atoms with Gasteiger partial charge < -0.3 is 4.90 Å². The van der Waals surface area contributed by atoms with Crippen molar-refractivity contribution >= 4 is 59.3 Å². The number of thiophene rings is 1. The van der Waals surface area contributed by atoms with Crippen LogP contribution in [0.3, 0.4) is 0 Å². The molecular formula is C57H41NS. The number of hydrogen-bond acceptors (Lipinski definition) is 2. The summed E-state index contributed by atoms with van der Waals surface area (Å²) in [6, 6.07) is 73.2. The minimum atomic E-state index is -0.385. The van der Waals surface area contributed by atoms with Gasteiger partial charge in [-0.2, -0.15) is 0 Å². The summed E-state index contributed by atoms with van der Waals surface area (Å²) >= 11 is 1.87. The number of rotatable bonds is 4. The fourth-order valence-corrected chi connectivity index (χ4v) is 11.5. The largest absolute Gasteiger partial charge is 0.310 e. The average molecular weight is 772 g/mol. The Balaban J connectivity index is 1.13. The van der Waals surface area contributed by atoms with E-state index in [4.69, 9.17) is 0 Å². The fourth-order valence-electron chi connectivity index (χ4n) is 10.4. The Morgan fingerprint density at radius 1 is 0.424 bits per heavy atom. The molecule has 59 heavy (non-hydrogen) atoms. The van der Waals surface area contributed by atoms with Gasteiger partial charge in [0.1, 0.15) is 0 Å². The first kappa shape index (κ1) is 34.3. The van der Waals surface area contributed by atoms with Gasteiger partial charge in [0.25, 0.3) is 0 Å². The Morgan fingerprint density at radius 2 is 0.983 bits per heavy atom. The maximum Gasteiger partial charge on any atom is 0.0725 e. The second-order valence-corrected chi connectivity index (χ2v) is 18.3. The van der Waals surface area contributed by atoms with Crippen molar-refractivity contribution in [2.75, 3.05) is 4.90 Å². The second kappa shape index (κ2) is 12.6. The highest BCUT2D eigenvalue weighted by Gasteiger charge is 2.51. The van der Waals surface area contributed by atoms with E-state index in [1.165, 1.54) is 92.1 Å². The third-order valence-electron chi connectivity index (χ3n) is 13.0. The predicted octanol–water partition coefficient (Wildman–Crippen LogP) is 16.0. The molecule has 9 aromatic carbocycles. The molecule has 280 valence electrons.